The van der Waals surface area contributed by atoms with Crippen molar-refractivity contribution in [3.8, 4) is 5.88 Å². The molecule has 5 heteroatoms. The van der Waals surface area contributed by atoms with Crippen LogP contribution in [0, 0.1) is 5.82 Å². The molecule has 1 aromatic heterocycles. The first kappa shape index (κ1) is 10.8. The number of rotatable bonds is 2. The third-order valence-corrected chi connectivity index (χ3v) is 2.82. The lowest BCUT2D eigenvalue weighted by Crippen LogP contribution is -2.26. The van der Waals surface area contributed by atoms with E-state index in [2.05, 4.69) is 20.9 Å². The molecule has 3 nitrogen and oxygen atoms in total. The first-order chi connectivity index (χ1) is 7.25. The third-order valence-electron chi connectivity index (χ3n) is 2.24. The Balaban J connectivity index is 2.00. The molecule has 82 valence electrons. The van der Waals surface area contributed by atoms with Crippen molar-refractivity contribution in [2.45, 2.75) is 18.9 Å². The molecule has 1 aliphatic heterocycles. The van der Waals surface area contributed by atoms with Gasteiger partial charge in [-0.05, 0) is 15.9 Å². The summed E-state index contributed by atoms with van der Waals surface area (Å²) in [4.78, 5) is 3.98. The summed E-state index contributed by atoms with van der Waals surface area (Å²) in [5, 5.41) is 0. The lowest BCUT2D eigenvalue weighted by molar-refractivity contribution is 0.0236. The van der Waals surface area contributed by atoms with Crippen LogP contribution in [0.15, 0.2) is 16.7 Å². The SMILES string of the molecule is Fc1cc(OC2CCOCC2)ncc1Br. The highest BCUT2D eigenvalue weighted by Gasteiger charge is 2.16. The molecule has 0 amide bonds. The second-order valence-electron chi connectivity index (χ2n) is 3.37. The molecule has 0 spiro atoms. The Kier molecular flexibility index (Phi) is 3.53. The van der Waals surface area contributed by atoms with Crippen molar-refractivity contribution in [3.05, 3.63) is 22.6 Å². The van der Waals surface area contributed by atoms with Gasteiger partial charge < -0.3 is 9.47 Å². The quantitative estimate of drug-likeness (QED) is 0.831. The van der Waals surface area contributed by atoms with E-state index in [9.17, 15) is 4.39 Å². The van der Waals surface area contributed by atoms with Gasteiger partial charge in [0.15, 0.2) is 0 Å². The summed E-state index contributed by atoms with van der Waals surface area (Å²) in [5.74, 6) is -0.0188. The van der Waals surface area contributed by atoms with E-state index in [1.54, 1.807) is 0 Å². The van der Waals surface area contributed by atoms with Crippen molar-refractivity contribution < 1.29 is 13.9 Å². The van der Waals surface area contributed by atoms with Crippen molar-refractivity contribution in [2.24, 2.45) is 0 Å². The van der Waals surface area contributed by atoms with E-state index in [-0.39, 0.29) is 11.9 Å². The largest absolute Gasteiger partial charge is 0.474 e. The smallest absolute Gasteiger partial charge is 0.216 e. The van der Waals surface area contributed by atoms with Crippen LogP contribution >= 0.6 is 15.9 Å². The molecule has 1 aromatic rings. The third kappa shape index (κ3) is 2.89. The Morgan fingerprint density at radius 3 is 2.87 bits per heavy atom. The molecule has 2 heterocycles. The topological polar surface area (TPSA) is 31.4 Å². The summed E-state index contributed by atoms with van der Waals surface area (Å²) in [6, 6.07) is 1.29. The van der Waals surface area contributed by atoms with Gasteiger partial charge in [-0.15, -0.1) is 0 Å². The molecule has 0 saturated carbocycles. The highest BCUT2D eigenvalue weighted by Crippen LogP contribution is 2.20. The molecule has 1 fully saturated rings. The van der Waals surface area contributed by atoms with Crippen LogP contribution in [0.3, 0.4) is 0 Å². The number of halogens is 2. The zero-order chi connectivity index (χ0) is 10.7. The molecular formula is C10H11BrFNO2. The summed E-state index contributed by atoms with van der Waals surface area (Å²) in [7, 11) is 0. The van der Waals surface area contributed by atoms with E-state index in [4.69, 9.17) is 9.47 Å². The molecule has 1 aliphatic rings. The number of ether oxygens (including phenoxy) is 2. The molecule has 0 bridgehead atoms. The van der Waals surface area contributed by atoms with Crippen molar-refractivity contribution in [1.82, 2.24) is 4.98 Å². The van der Waals surface area contributed by atoms with Gasteiger partial charge in [-0.2, -0.15) is 0 Å². The van der Waals surface area contributed by atoms with Crippen LogP contribution in [0.2, 0.25) is 0 Å². The zero-order valence-electron chi connectivity index (χ0n) is 8.08. The molecule has 0 unspecified atom stereocenters. The van der Waals surface area contributed by atoms with E-state index < -0.39 is 0 Å². The van der Waals surface area contributed by atoms with E-state index in [1.807, 2.05) is 0 Å². The van der Waals surface area contributed by atoms with Crippen LogP contribution in [0.1, 0.15) is 12.8 Å². The molecule has 15 heavy (non-hydrogen) atoms. The van der Waals surface area contributed by atoms with E-state index in [0.29, 0.717) is 23.6 Å². The first-order valence-corrected chi connectivity index (χ1v) is 5.60. The van der Waals surface area contributed by atoms with Gasteiger partial charge in [0.25, 0.3) is 0 Å². The van der Waals surface area contributed by atoms with Gasteiger partial charge in [0.2, 0.25) is 5.88 Å². The van der Waals surface area contributed by atoms with Crippen molar-refractivity contribution in [1.29, 1.82) is 0 Å². The highest BCUT2D eigenvalue weighted by molar-refractivity contribution is 9.10. The molecule has 0 radical (unpaired) electrons. The second kappa shape index (κ2) is 4.90. The molecule has 0 aromatic carbocycles. The maximum atomic E-state index is 13.1. The lowest BCUT2D eigenvalue weighted by Gasteiger charge is -2.22. The number of aromatic nitrogens is 1. The van der Waals surface area contributed by atoms with Gasteiger partial charge in [0.05, 0.1) is 17.7 Å². The Morgan fingerprint density at radius 1 is 1.47 bits per heavy atom. The van der Waals surface area contributed by atoms with Crippen molar-refractivity contribution >= 4 is 15.9 Å². The fourth-order valence-corrected chi connectivity index (χ4v) is 1.64. The number of nitrogens with zero attached hydrogens (tertiary/aromatic N) is 1. The molecule has 2 rings (SSSR count). The minimum Gasteiger partial charge on any atom is -0.474 e. The fraction of sp³-hybridized carbons (Fsp3) is 0.500. The Hall–Kier alpha value is -0.680. The van der Waals surface area contributed by atoms with Gasteiger partial charge in [-0.3, -0.25) is 0 Å². The summed E-state index contributed by atoms with van der Waals surface area (Å²) in [6.45, 7) is 1.40. The number of hydrogen-bond donors (Lipinski definition) is 0. The van der Waals surface area contributed by atoms with Gasteiger partial charge in [0, 0.05) is 25.1 Å². The van der Waals surface area contributed by atoms with Gasteiger partial charge >= 0.3 is 0 Å². The minimum atomic E-state index is -0.355. The first-order valence-electron chi connectivity index (χ1n) is 4.81. The van der Waals surface area contributed by atoms with E-state index in [0.717, 1.165) is 12.8 Å². The maximum absolute atomic E-state index is 13.1. The van der Waals surface area contributed by atoms with Gasteiger partial charge in [-0.25, -0.2) is 9.37 Å². The van der Waals surface area contributed by atoms with Crippen LogP contribution in [-0.4, -0.2) is 24.3 Å². The number of pyridine rings is 1. The fourth-order valence-electron chi connectivity index (χ4n) is 1.43. The van der Waals surface area contributed by atoms with Crippen molar-refractivity contribution in [3.63, 3.8) is 0 Å². The summed E-state index contributed by atoms with van der Waals surface area (Å²) in [6.07, 6.45) is 3.16. The standard InChI is InChI=1S/C10H11BrFNO2/c11-8-6-13-10(5-9(8)12)15-7-1-3-14-4-2-7/h5-7H,1-4H2. The van der Waals surface area contributed by atoms with Gasteiger partial charge in [-0.1, -0.05) is 0 Å². The highest BCUT2D eigenvalue weighted by atomic mass is 79.9. The summed E-state index contributed by atoms with van der Waals surface area (Å²) < 4.78 is 24.2. The number of hydrogen-bond acceptors (Lipinski definition) is 3. The normalized spacial score (nSPS) is 17.7. The van der Waals surface area contributed by atoms with Crippen LogP contribution in [0.5, 0.6) is 5.88 Å². The van der Waals surface area contributed by atoms with Crippen LogP contribution in [0.25, 0.3) is 0 Å². The van der Waals surface area contributed by atoms with Crippen molar-refractivity contribution in [2.75, 3.05) is 13.2 Å². The van der Waals surface area contributed by atoms with Gasteiger partial charge in [0.1, 0.15) is 11.9 Å². The Morgan fingerprint density at radius 2 is 2.20 bits per heavy atom. The van der Waals surface area contributed by atoms with E-state index in [1.165, 1.54) is 12.3 Å². The minimum absolute atomic E-state index is 0.0897. The Labute approximate surface area is 95.7 Å². The maximum Gasteiger partial charge on any atom is 0.216 e. The summed E-state index contributed by atoms with van der Waals surface area (Å²) in [5.41, 5.74) is 0. The molecule has 0 atom stereocenters. The van der Waals surface area contributed by atoms with Crippen LogP contribution in [-0.2, 0) is 4.74 Å². The lowest BCUT2D eigenvalue weighted by atomic mass is 10.1. The molecule has 1 saturated heterocycles. The molecule has 0 N–H and O–H groups in total. The summed E-state index contributed by atoms with van der Waals surface area (Å²) >= 11 is 3.04. The van der Waals surface area contributed by atoms with Crippen LogP contribution in [0.4, 0.5) is 4.39 Å². The van der Waals surface area contributed by atoms with E-state index >= 15 is 0 Å². The zero-order valence-corrected chi connectivity index (χ0v) is 9.67. The average Bonchev–Trinajstić information content (AvgIpc) is 2.25. The second-order valence-corrected chi connectivity index (χ2v) is 4.22. The average molecular weight is 276 g/mol. The monoisotopic (exact) mass is 275 g/mol. The Bertz CT molecular complexity index is 342. The predicted molar refractivity (Wildman–Crippen MR) is 56.4 cm³/mol. The molecule has 0 aliphatic carbocycles. The molecular weight excluding hydrogens is 265 g/mol. The predicted octanol–water partition coefficient (Wildman–Crippen LogP) is 2.54. The van der Waals surface area contributed by atoms with Crippen LogP contribution < -0.4 is 4.74 Å².